The van der Waals surface area contributed by atoms with Crippen molar-refractivity contribution in [2.45, 2.75) is 44.1 Å². The van der Waals surface area contributed by atoms with Crippen molar-refractivity contribution in [3.8, 4) is 0 Å². The zero-order valence-corrected chi connectivity index (χ0v) is 11.9. The molecule has 0 aromatic carbocycles. The molecule has 0 radical (unpaired) electrons. The van der Waals surface area contributed by atoms with Crippen LogP contribution >= 0.6 is 11.6 Å². The summed E-state index contributed by atoms with van der Waals surface area (Å²) in [5.74, 6) is 0.664. The van der Waals surface area contributed by atoms with Crippen molar-refractivity contribution >= 4 is 11.6 Å². The lowest BCUT2D eigenvalue weighted by Crippen LogP contribution is -2.69. The van der Waals surface area contributed by atoms with Gasteiger partial charge in [0, 0.05) is 17.9 Å². The number of nitro groups is 1. The molecule has 19 heavy (non-hydrogen) atoms. The molecule has 0 spiro atoms. The second-order valence-electron chi connectivity index (χ2n) is 4.41. The Morgan fingerprint density at radius 3 is 2.84 bits per heavy atom. The number of nitrogens with one attached hydrogen (secondary N) is 3. The molecule has 0 aromatic heterocycles. The summed E-state index contributed by atoms with van der Waals surface area (Å²) in [7, 11) is 0. The van der Waals surface area contributed by atoms with E-state index in [0.29, 0.717) is 25.3 Å². The van der Waals surface area contributed by atoms with Crippen LogP contribution in [0.5, 0.6) is 0 Å². The molecule has 1 saturated heterocycles. The van der Waals surface area contributed by atoms with E-state index >= 15 is 0 Å². The summed E-state index contributed by atoms with van der Waals surface area (Å²) < 4.78 is 5.22. The molecule has 1 heterocycles. The third-order valence-corrected chi connectivity index (χ3v) is 3.20. The second kappa shape index (κ2) is 7.64. The Morgan fingerprint density at radius 1 is 1.58 bits per heavy atom. The average Bonchev–Trinajstić information content (AvgIpc) is 2.27. The topological polar surface area (TPSA) is 88.5 Å². The first kappa shape index (κ1) is 16.2. The summed E-state index contributed by atoms with van der Waals surface area (Å²) in [6, 6.07) is -1.10. The van der Waals surface area contributed by atoms with Crippen LogP contribution in [0.25, 0.3) is 0 Å². The molecule has 0 aromatic rings. The Labute approximate surface area is 117 Å². The Balaban J connectivity index is 2.48. The monoisotopic (exact) mass is 292 g/mol. The maximum Gasteiger partial charge on any atom is 0.255 e. The Hall–Kier alpha value is -0.890. The minimum atomic E-state index is -0.782. The highest BCUT2D eigenvalue weighted by molar-refractivity contribution is 6.20. The fraction of sp³-hybridized carbons (Fsp3) is 0.818. The van der Waals surface area contributed by atoms with Crippen molar-refractivity contribution in [3.05, 3.63) is 22.5 Å². The number of halogens is 1. The van der Waals surface area contributed by atoms with Crippen molar-refractivity contribution in [2.24, 2.45) is 0 Å². The SMILES string of the molecule is C=C(CCNC1NC(Cl)NC(C)C1[N+](=O)[O-])OCC. The van der Waals surface area contributed by atoms with Crippen molar-refractivity contribution in [3.63, 3.8) is 0 Å². The van der Waals surface area contributed by atoms with Gasteiger partial charge in [-0.25, -0.2) is 0 Å². The van der Waals surface area contributed by atoms with Crippen molar-refractivity contribution in [1.82, 2.24) is 16.0 Å². The van der Waals surface area contributed by atoms with Crippen LogP contribution in [0.1, 0.15) is 20.3 Å². The van der Waals surface area contributed by atoms with Crippen molar-refractivity contribution in [1.29, 1.82) is 0 Å². The van der Waals surface area contributed by atoms with E-state index in [1.807, 2.05) is 6.92 Å². The number of hydrogen-bond acceptors (Lipinski definition) is 6. The van der Waals surface area contributed by atoms with Crippen LogP contribution in [0, 0.1) is 10.1 Å². The minimum Gasteiger partial charge on any atom is -0.499 e. The first-order chi connectivity index (χ1) is 8.95. The minimum absolute atomic E-state index is 0.303. The molecule has 1 aliphatic rings. The molecular weight excluding hydrogens is 272 g/mol. The van der Waals surface area contributed by atoms with Crippen LogP contribution in [0.3, 0.4) is 0 Å². The van der Waals surface area contributed by atoms with Crippen LogP contribution in [0.4, 0.5) is 0 Å². The van der Waals surface area contributed by atoms with Gasteiger partial charge >= 0.3 is 0 Å². The van der Waals surface area contributed by atoms with Gasteiger partial charge in [-0.2, -0.15) is 0 Å². The third-order valence-electron chi connectivity index (χ3n) is 2.95. The van der Waals surface area contributed by atoms with Gasteiger partial charge in [0.2, 0.25) is 0 Å². The Morgan fingerprint density at radius 2 is 2.26 bits per heavy atom. The molecule has 4 atom stereocenters. The summed E-state index contributed by atoms with van der Waals surface area (Å²) in [6.07, 6.45) is 0.119. The maximum absolute atomic E-state index is 11.1. The molecule has 0 amide bonds. The van der Waals surface area contributed by atoms with E-state index < -0.39 is 17.8 Å². The Kier molecular flexibility index (Phi) is 6.50. The van der Waals surface area contributed by atoms with Crippen LogP contribution in [0.15, 0.2) is 12.3 Å². The van der Waals surface area contributed by atoms with Gasteiger partial charge in [0.05, 0.1) is 18.4 Å². The molecule has 0 aliphatic carbocycles. The second-order valence-corrected chi connectivity index (χ2v) is 4.85. The smallest absolute Gasteiger partial charge is 0.255 e. The van der Waals surface area contributed by atoms with E-state index in [1.165, 1.54) is 0 Å². The molecule has 1 fully saturated rings. The molecule has 1 aliphatic heterocycles. The van der Waals surface area contributed by atoms with Crippen LogP contribution < -0.4 is 16.0 Å². The van der Waals surface area contributed by atoms with Gasteiger partial charge in [-0.05, 0) is 13.8 Å². The van der Waals surface area contributed by atoms with Gasteiger partial charge in [-0.3, -0.25) is 26.1 Å². The van der Waals surface area contributed by atoms with Crippen molar-refractivity contribution in [2.75, 3.05) is 13.2 Å². The average molecular weight is 293 g/mol. The molecular formula is C11H21ClN4O3. The predicted molar refractivity (Wildman–Crippen MR) is 73.3 cm³/mol. The number of nitrogens with zero attached hydrogens (tertiary/aromatic N) is 1. The molecule has 7 nitrogen and oxygen atoms in total. The fourth-order valence-electron chi connectivity index (χ4n) is 2.05. The van der Waals surface area contributed by atoms with E-state index in [2.05, 4.69) is 22.5 Å². The molecule has 0 bridgehead atoms. The lowest BCUT2D eigenvalue weighted by molar-refractivity contribution is -0.534. The lowest BCUT2D eigenvalue weighted by atomic mass is 10.1. The van der Waals surface area contributed by atoms with Gasteiger partial charge in [-0.1, -0.05) is 18.2 Å². The van der Waals surface area contributed by atoms with Gasteiger partial charge in [-0.15, -0.1) is 0 Å². The molecule has 0 saturated carbocycles. The van der Waals surface area contributed by atoms with Crippen LogP contribution in [-0.2, 0) is 4.74 Å². The molecule has 4 unspecified atom stereocenters. The number of ether oxygens (including phenoxy) is 1. The zero-order valence-electron chi connectivity index (χ0n) is 11.2. The fourth-order valence-corrected chi connectivity index (χ4v) is 2.38. The molecule has 1 rings (SSSR count). The normalized spacial score (nSPS) is 30.9. The highest BCUT2D eigenvalue weighted by Gasteiger charge is 2.42. The summed E-state index contributed by atoms with van der Waals surface area (Å²) >= 11 is 5.94. The van der Waals surface area contributed by atoms with Gasteiger partial charge in [0.15, 0.2) is 0 Å². The quantitative estimate of drug-likeness (QED) is 0.209. The molecule has 110 valence electrons. The van der Waals surface area contributed by atoms with E-state index in [4.69, 9.17) is 16.3 Å². The first-order valence-corrected chi connectivity index (χ1v) is 6.73. The summed E-state index contributed by atoms with van der Waals surface area (Å²) in [4.78, 5) is 10.8. The molecule has 3 N–H and O–H groups in total. The summed E-state index contributed by atoms with van der Waals surface area (Å²) in [6.45, 7) is 8.50. The molecule has 8 heteroatoms. The predicted octanol–water partition coefficient (Wildman–Crippen LogP) is 0.591. The van der Waals surface area contributed by atoms with E-state index in [1.54, 1.807) is 6.92 Å². The van der Waals surface area contributed by atoms with E-state index in [-0.39, 0.29) is 11.0 Å². The summed E-state index contributed by atoms with van der Waals surface area (Å²) in [5, 5.41) is 20.0. The van der Waals surface area contributed by atoms with Gasteiger partial charge < -0.3 is 4.74 Å². The maximum atomic E-state index is 11.1. The highest BCUT2D eigenvalue weighted by Crippen LogP contribution is 2.11. The van der Waals surface area contributed by atoms with Gasteiger partial charge in [0.25, 0.3) is 6.04 Å². The van der Waals surface area contributed by atoms with Crippen LogP contribution in [-0.4, -0.2) is 41.9 Å². The Bertz CT molecular complexity index is 329. The van der Waals surface area contributed by atoms with E-state index in [9.17, 15) is 10.1 Å². The first-order valence-electron chi connectivity index (χ1n) is 6.29. The number of hydrogen-bond donors (Lipinski definition) is 3. The van der Waals surface area contributed by atoms with Gasteiger partial charge in [0.1, 0.15) is 11.8 Å². The lowest BCUT2D eigenvalue weighted by Gasteiger charge is -2.35. The summed E-state index contributed by atoms with van der Waals surface area (Å²) in [5.41, 5.74) is -0.487. The number of rotatable bonds is 7. The van der Waals surface area contributed by atoms with Crippen LogP contribution in [0.2, 0.25) is 0 Å². The van der Waals surface area contributed by atoms with Crippen molar-refractivity contribution < 1.29 is 9.66 Å². The number of alkyl halides is 1. The highest BCUT2D eigenvalue weighted by atomic mass is 35.5. The third kappa shape index (κ3) is 4.94. The van der Waals surface area contributed by atoms with E-state index in [0.717, 1.165) is 0 Å². The standard InChI is InChI=1S/C11H21ClN4O3/c1-4-19-7(2)5-6-13-10-9(16(17)18)8(3)14-11(12)15-10/h8-11,13-15H,2,4-6H2,1,3H3. The zero-order chi connectivity index (χ0) is 14.4. The largest absolute Gasteiger partial charge is 0.499 e.